The van der Waals surface area contributed by atoms with Crippen molar-refractivity contribution in [2.75, 3.05) is 5.32 Å². The number of unbranched alkanes of at least 4 members (excludes halogenated alkanes) is 3. The lowest BCUT2D eigenvalue weighted by Crippen LogP contribution is -2.22. The van der Waals surface area contributed by atoms with E-state index in [1.54, 1.807) is 12.1 Å². The van der Waals surface area contributed by atoms with Crippen molar-refractivity contribution in [3.63, 3.8) is 0 Å². The Morgan fingerprint density at radius 1 is 1.32 bits per heavy atom. The first-order valence-electron chi connectivity index (χ1n) is 8.87. The third-order valence-corrected chi connectivity index (χ3v) is 4.73. The molecule has 148 valence electrons. The minimum Gasteiger partial charge on any atom is -0.508 e. The highest BCUT2D eigenvalue weighted by Gasteiger charge is 2.29. The molecule has 2 aromatic carbocycles. The molecule has 1 aromatic heterocycles. The Kier molecular flexibility index (Phi) is 5.84. The lowest BCUT2D eigenvalue weighted by atomic mass is 10.0. The molecular weight excluding hydrogens is 388 g/mol. The van der Waals surface area contributed by atoms with Crippen molar-refractivity contribution < 1.29 is 19.6 Å². The van der Waals surface area contributed by atoms with E-state index < -0.39 is 10.6 Å². The number of nitro benzene ring substituents is 1. The quantitative estimate of drug-likeness (QED) is 0.242. The molecule has 0 amide bonds. The van der Waals surface area contributed by atoms with Gasteiger partial charge in [-0.25, -0.2) is 0 Å². The van der Waals surface area contributed by atoms with E-state index in [0.29, 0.717) is 5.69 Å². The number of aryl methyl sites for hydroxylation is 1. The normalized spacial score (nSPS) is 11.1. The molecule has 0 aliphatic carbocycles. The fourth-order valence-corrected chi connectivity index (χ4v) is 3.27. The number of anilines is 2. The van der Waals surface area contributed by atoms with Crippen molar-refractivity contribution in [1.29, 1.82) is 0 Å². The lowest BCUT2D eigenvalue weighted by molar-refractivity contribution is -0.782. The van der Waals surface area contributed by atoms with Gasteiger partial charge < -0.3 is 15.6 Å². The summed E-state index contributed by atoms with van der Waals surface area (Å²) in [5.41, 5.74) is 0.587. The van der Waals surface area contributed by atoms with Gasteiger partial charge in [0.1, 0.15) is 10.8 Å². The number of aromatic nitrogens is 2. The van der Waals surface area contributed by atoms with Crippen LogP contribution in [-0.2, 0) is 6.42 Å². The highest BCUT2D eigenvalue weighted by atomic mass is 35.5. The molecule has 3 aromatic rings. The molecule has 0 saturated carbocycles. The van der Waals surface area contributed by atoms with Gasteiger partial charge in [0.2, 0.25) is 5.52 Å². The molecule has 28 heavy (non-hydrogen) atoms. The van der Waals surface area contributed by atoms with E-state index in [4.69, 9.17) is 11.6 Å². The highest BCUT2D eigenvalue weighted by Crippen LogP contribution is 2.40. The van der Waals surface area contributed by atoms with Gasteiger partial charge >= 0.3 is 5.69 Å². The molecule has 0 aliphatic rings. The van der Waals surface area contributed by atoms with Gasteiger partial charge in [0.05, 0.1) is 4.92 Å². The molecule has 0 spiro atoms. The number of benzene rings is 2. The summed E-state index contributed by atoms with van der Waals surface area (Å²) in [6.45, 7) is 2.13. The average molecular weight is 407 g/mol. The van der Waals surface area contributed by atoms with Crippen molar-refractivity contribution in [2.45, 2.75) is 39.0 Å². The number of phenolic OH excluding ortho intramolecular Hbond substituents is 1. The van der Waals surface area contributed by atoms with Crippen LogP contribution in [0.25, 0.3) is 11.0 Å². The predicted octanol–water partition coefficient (Wildman–Crippen LogP) is 4.59. The van der Waals surface area contributed by atoms with Gasteiger partial charge in [-0.3, -0.25) is 14.7 Å². The first kappa shape index (κ1) is 19.7. The van der Waals surface area contributed by atoms with E-state index in [-0.39, 0.29) is 32.4 Å². The molecule has 0 radical (unpaired) electrons. The summed E-state index contributed by atoms with van der Waals surface area (Å²) in [5, 5.41) is 39.6. The van der Waals surface area contributed by atoms with Crippen molar-refractivity contribution >= 4 is 39.7 Å². The number of hydrogen-bond acceptors (Lipinski definition) is 7. The van der Waals surface area contributed by atoms with E-state index in [2.05, 4.69) is 22.0 Å². The molecule has 3 rings (SSSR count). The Bertz CT molecular complexity index is 1020. The Labute approximate surface area is 165 Å². The van der Waals surface area contributed by atoms with Gasteiger partial charge in [-0.1, -0.05) is 43.9 Å². The summed E-state index contributed by atoms with van der Waals surface area (Å²) >= 11 is 5.99. The number of nitro groups is 1. The van der Waals surface area contributed by atoms with Crippen LogP contribution in [0.15, 0.2) is 28.9 Å². The van der Waals surface area contributed by atoms with Crippen LogP contribution in [0.3, 0.4) is 0 Å². The maximum Gasteiger partial charge on any atom is 0.316 e. The van der Waals surface area contributed by atoms with Gasteiger partial charge in [0.15, 0.2) is 5.69 Å². The Morgan fingerprint density at radius 2 is 2.11 bits per heavy atom. The van der Waals surface area contributed by atoms with Gasteiger partial charge in [-0.05, 0) is 29.4 Å². The lowest BCUT2D eigenvalue weighted by Gasteiger charge is -2.10. The first-order chi connectivity index (χ1) is 13.4. The van der Waals surface area contributed by atoms with Gasteiger partial charge in [-0.2, -0.15) is 0 Å². The summed E-state index contributed by atoms with van der Waals surface area (Å²) in [6.07, 6.45) is 5.08. The van der Waals surface area contributed by atoms with Crippen molar-refractivity contribution in [3.05, 3.63) is 50.2 Å². The maximum atomic E-state index is 11.7. The number of aromatic hydroxyl groups is 1. The number of fused-ring (bicyclic) bond motifs is 1. The molecule has 2 N–H and O–H groups in total. The summed E-state index contributed by atoms with van der Waals surface area (Å²) in [7, 11) is 0. The maximum absolute atomic E-state index is 11.7. The van der Waals surface area contributed by atoms with Crippen molar-refractivity contribution in [1.82, 2.24) is 5.16 Å². The summed E-state index contributed by atoms with van der Waals surface area (Å²) < 4.78 is 4.53. The van der Waals surface area contributed by atoms with Gasteiger partial charge in [0.25, 0.3) is 5.52 Å². The second-order valence-electron chi connectivity index (χ2n) is 6.42. The number of phenols is 1. The van der Waals surface area contributed by atoms with E-state index in [9.17, 15) is 20.4 Å². The number of halogens is 1. The molecule has 0 fully saturated rings. The molecule has 0 unspecified atom stereocenters. The molecule has 1 heterocycles. The van der Waals surface area contributed by atoms with Crippen molar-refractivity contribution in [3.8, 4) is 5.75 Å². The Morgan fingerprint density at radius 3 is 2.79 bits per heavy atom. The van der Waals surface area contributed by atoms with E-state index in [1.165, 1.54) is 6.07 Å². The Balaban J connectivity index is 1.93. The van der Waals surface area contributed by atoms with E-state index >= 15 is 0 Å². The zero-order valence-electron chi connectivity index (χ0n) is 15.1. The molecule has 10 heteroatoms. The van der Waals surface area contributed by atoms with Gasteiger partial charge in [-0.15, -0.1) is 0 Å². The zero-order chi connectivity index (χ0) is 20.3. The average Bonchev–Trinajstić information content (AvgIpc) is 3.01. The number of hydrogen-bond donors (Lipinski definition) is 2. The van der Waals surface area contributed by atoms with Crippen LogP contribution in [0.5, 0.6) is 5.75 Å². The monoisotopic (exact) mass is 406 g/mol. The van der Waals surface area contributed by atoms with E-state index in [1.807, 2.05) is 0 Å². The standard InChI is InChI=1S/C18H19ClN4O5/c1-2-3-4-5-6-11-7-8-12(9-15(11)24)20-17-16-14(23(27)28-21-16)10-13(19)18(17)22(25)26/h7-10,20,24H,2-6H2,1H3. The van der Waals surface area contributed by atoms with Crippen LogP contribution in [0, 0.1) is 15.3 Å². The van der Waals surface area contributed by atoms with Crippen LogP contribution in [0.2, 0.25) is 5.02 Å². The molecule has 0 aliphatic heterocycles. The van der Waals surface area contributed by atoms with Crippen LogP contribution in [0.1, 0.15) is 38.2 Å². The number of nitrogens with zero attached hydrogens (tertiary/aromatic N) is 3. The molecular formula is C18H19ClN4O5. The fraction of sp³-hybridized carbons (Fsp3) is 0.333. The summed E-state index contributed by atoms with van der Waals surface area (Å²) in [4.78, 5) is 10.9. The van der Waals surface area contributed by atoms with E-state index in [0.717, 1.165) is 43.7 Å². The topological polar surface area (TPSA) is 128 Å². The molecule has 0 bridgehead atoms. The number of rotatable bonds is 8. The third-order valence-electron chi connectivity index (χ3n) is 4.45. The minimum absolute atomic E-state index is 0.0331. The summed E-state index contributed by atoms with van der Waals surface area (Å²) in [5.74, 6) is 0.0847. The second kappa shape index (κ2) is 8.30. The SMILES string of the molecule is CCCCCCc1ccc(Nc2c([N+](=O)[O-])c(Cl)cc3c2no[n+]3[O-])cc1O. The van der Waals surface area contributed by atoms with Crippen LogP contribution in [0.4, 0.5) is 17.1 Å². The largest absolute Gasteiger partial charge is 0.508 e. The van der Waals surface area contributed by atoms with Crippen LogP contribution < -0.4 is 10.2 Å². The summed E-state index contributed by atoms with van der Waals surface area (Å²) in [6, 6.07) is 6.04. The second-order valence-corrected chi connectivity index (χ2v) is 6.82. The fourth-order valence-electron chi connectivity index (χ4n) is 3.01. The molecule has 0 saturated heterocycles. The first-order valence-corrected chi connectivity index (χ1v) is 9.25. The molecule has 9 nitrogen and oxygen atoms in total. The zero-order valence-corrected chi connectivity index (χ0v) is 15.9. The molecule has 0 atom stereocenters. The van der Waals surface area contributed by atoms with Crippen LogP contribution in [-0.4, -0.2) is 15.2 Å². The third kappa shape index (κ3) is 3.94. The highest BCUT2D eigenvalue weighted by molar-refractivity contribution is 6.34. The van der Waals surface area contributed by atoms with Crippen molar-refractivity contribution in [2.24, 2.45) is 0 Å². The van der Waals surface area contributed by atoms with Crippen LogP contribution >= 0.6 is 11.6 Å². The Hall–Kier alpha value is -3.07. The van der Waals surface area contributed by atoms with Gasteiger partial charge in [0, 0.05) is 23.0 Å². The number of nitrogens with one attached hydrogen (secondary N) is 1. The predicted molar refractivity (Wildman–Crippen MR) is 104 cm³/mol. The minimum atomic E-state index is -0.671. The smallest absolute Gasteiger partial charge is 0.316 e.